The van der Waals surface area contributed by atoms with Gasteiger partial charge in [0.05, 0.1) is 14.9 Å². The van der Waals surface area contributed by atoms with Gasteiger partial charge >= 0.3 is 0 Å². The van der Waals surface area contributed by atoms with Gasteiger partial charge in [-0.2, -0.15) is 0 Å². The molecule has 0 amide bonds. The lowest BCUT2D eigenvalue weighted by Gasteiger charge is -1.98. The molecule has 0 spiro atoms. The van der Waals surface area contributed by atoms with E-state index in [4.69, 9.17) is 0 Å². The molecular weight excluding hydrogens is 248 g/mol. The predicted molar refractivity (Wildman–Crippen MR) is 56.1 cm³/mol. The van der Waals surface area contributed by atoms with Gasteiger partial charge in [0, 0.05) is 17.6 Å². The van der Waals surface area contributed by atoms with Crippen molar-refractivity contribution in [3.63, 3.8) is 0 Å². The van der Waals surface area contributed by atoms with E-state index in [9.17, 15) is 10.1 Å². The zero-order valence-corrected chi connectivity index (χ0v) is 8.56. The number of hydrogen-bond donors (Lipinski definition) is 0. The van der Waals surface area contributed by atoms with Crippen molar-refractivity contribution in [2.45, 2.75) is 0 Å². The molecule has 0 bridgehead atoms. The molecule has 0 atom stereocenters. The molecule has 0 aliphatic rings. The van der Waals surface area contributed by atoms with Crippen LogP contribution in [-0.2, 0) is 0 Å². The average Bonchev–Trinajstić information content (AvgIpc) is 2.16. The summed E-state index contributed by atoms with van der Waals surface area (Å²) in [4.78, 5) is 14.3. The van der Waals surface area contributed by atoms with Crippen LogP contribution in [0.15, 0.2) is 34.9 Å². The lowest BCUT2D eigenvalue weighted by atomic mass is 10.2. The van der Waals surface area contributed by atoms with Crippen LogP contribution in [0.3, 0.4) is 0 Å². The van der Waals surface area contributed by atoms with Crippen LogP contribution in [0.2, 0.25) is 0 Å². The van der Waals surface area contributed by atoms with Crippen molar-refractivity contribution >= 4 is 32.5 Å². The summed E-state index contributed by atoms with van der Waals surface area (Å²) in [5, 5.41) is 11.4. The zero-order valence-electron chi connectivity index (χ0n) is 6.98. The molecule has 0 fully saturated rings. The summed E-state index contributed by atoms with van der Waals surface area (Å²) in [6.07, 6.45) is 1.65. The Kier molecular flexibility index (Phi) is 2.17. The fourth-order valence-electron chi connectivity index (χ4n) is 1.22. The number of fused-ring (bicyclic) bond motifs is 1. The quantitative estimate of drug-likeness (QED) is 0.579. The van der Waals surface area contributed by atoms with Crippen LogP contribution in [0, 0.1) is 10.1 Å². The molecule has 70 valence electrons. The molecule has 0 aliphatic carbocycles. The summed E-state index contributed by atoms with van der Waals surface area (Å²) in [5.41, 5.74) is 0.801. The second-order valence-electron chi connectivity index (χ2n) is 2.76. The minimum Gasteiger partial charge on any atom is -0.258 e. The third kappa shape index (κ3) is 1.46. The Hall–Kier alpha value is -1.49. The number of benzene rings is 1. The summed E-state index contributed by atoms with van der Waals surface area (Å²) in [7, 11) is 0. The largest absolute Gasteiger partial charge is 0.284 e. The van der Waals surface area contributed by atoms with Crippen molar-refractivity contribution in [3.8, 4) is 0 Å². The third-order valence-electron chi connectivity index (χ3n) is 1.87. The highest BCUT2D eigenvalue weighted by atomic mass is 79.9. The van der Waals surface area contributed by atoms with E-state index in [-0.39, 0.29) is 5.69 Å². The fourth-order valence-corrected chi connectivity index (χ4v) is 1.70. The molecule has 5 heteroatoms. The minimum absolute atomic E-state index is 0.0606. The molecule has 0 saturated heterocycles. The number of nitrogens with zero attached hydrogens (tertiary/aromatic N) is 2. The van der Waals surface area contributed by atoms with Crippen LogP contribution in [0.25, 0.3) is 10.9 Å². The Morgan fingerprint density at radius 2 is 2.21 bits per heavy atom. The van der Waals surface area contributed by atoms with Gasteiger partial charge in [-0.05, 0) is 28.1 Å². The van der Waals surface area contributed by atoms with E-state index in [2.05, 4.69) is 20.9 Å². The smallest absolute Gasteiger partial charge is 0.258 e. The second-order valence-corrected chi connectivity index (χ2v) is 3.61. The molecular formula is C9H5BrN2O2. The predicted octanol–water partition coefficient (Wildman–Crippen LogP) is 2.91. The number of hydrogen-bond acceptors (Lipinski definition) is 3. The van der Waals surface area contributed by atoms with Gasteiger partial charge in [-0.25, -0.2) is 0 Å². The van der Waals surface area contributed by atoms with Crippen molar-refractivity contribution in [2.75, 3.05) is 0 Å². The maximum atomic E-state index is 10.6. The summed E-state index contributed by atoms with van der Waals surface area (Å²) < 4.78 is 0.453. The van der Waals surface area contributed by atoms with Crippen molar-refractivity contribution in [3.05, 3.63) is 45.0 Å². The highest BCUT2D eigenvalue weighted by molar-refractivity contribution is 9.10. The van der Waals surface area contributed by atoms with Crippen LogP contribution < -0.4 is 0 Å². The number of nitro groups is 1. The summed E-state index contributed by atoms with van der Waals surface area (Å²) in [5.74, 6) is 0. The maximum absolute atomic E-state index is 10.6. The van der Waals surface area contributed by atoms with Gasteiger partial charge in [0.15, 0.2) is 0 Å². The second kappa shape index (κ2) is 3.34. The average molecular weight is 253 g/mol. The molecule has 2 aromatic rings. The molecule has 0 radical (unpaired) electrons. The maximum Gasteiger partial charge on any atom is 0.284 e. The molecule has 0 unspecified atom stereocenters. The number of halogens is 1. The van der Waals surface area contributed by atoms with Gasteiger partial charge < -0.3 is 0 Å². The van der Waals surface area contributed by atoms with E-state index in [1.54, 1.807) is 24.4 Å². The molecule has 1 aromatic carbocycles. The summed E-state index contributed by atoms with van der Waals surface area (Å²) in [6.45, 7) is 0. The Labute approximate surface area is 87.9 Å². The molecule has 14 heavy (non-hydrogen) atoms. The highest BCUT2D eigenvalue weighted by Gasteiger charge is 2.12. The first-order valence-electron chi connectivity index (χ1n) is 3.87. The highest BCUT2D eigenvalue weighted by Crippen LogP contribution is 2.28. The standard InChI is InChI=1S/C9H5BrN2O2/c10-7-5-8-6(2-1-3-11-8)4-9(7)12(13)14/h1-5H. The Balaban J connectivity index is 2.77. The number of aromatic nitrogens is 1. The van der Waals surface area contributed by atoms with Gasteiger partial charge in [0.1, 0.15) is 0 Å². The van der Waals surface area contributed by atoms with Crippen LogP contribution in [0.1, 0.15) is 0 Å². The summed E-state index contributed by atoms with van der Waals surface area (Å²) in [6, 6.07) is 6.70. The molecule has 0 aliphatic heterocycles. The monoisotopic (exact) mass is 252 g/mol. The van der Waals surface area contributed by atoms with E-state index in [0.29, 0.717) is 4.47 Å². The van der Waals surface area contributed by atoms with Crippen molar-refractivity contribution in [1.29, 1.82) is 0 Å². The van der Waals surface area contributed by atoms with E-state index < -0.39 is 4.92 Å². The number of pyridine rings is 1. The first kappa shape index (κ1) is 9.08. The fraction of sp³-hybridized carbons (Fsp3) is 0. The summed E-state index contributed by atoms with van der Waals surface area (Å²) >= 11 is 3.14. The van der Waals surface area contributed by atoms with Crippen molar-refractivity contribution < 1.29 is 4.92 Å². The van der Waals surface area contributed by atoms with E-state index in [1.165, 1.54) is 6.07 Å². The molecule has 0 saturated carbocycles. The topological polar surface area (TPSA) is 56.0 Å². The molecule has 4 nitrogen and oxygen atoms in total. The molecule has 2 rings (SSSR count). The zero-order chi connectivity index (χ0) is 10.1. The number of rotatable bonds is 1. The van der Waals surface area contributed by atoms with Gasteiger partial charge in [-0.3, -0.25) is 15.1 Å². The van der Waals surface area contributed by atoms with Crippen LogP contribution in [-0.4, -0.2) is 9.91 Å². The van der Waals surface area contributed by atoms with Crippen LogP contribution in [0.5, 0.6) is 0 Å². The Bertz CT molecular complexity index is 513. The van der Waals surface area contributed by atoms with E-state index in [0.717, 1.165) is 10.9 Å². The SMILES string of the molecule is O=[N+]([O-])c1cc2cccnc2cc1Br. The van der Waals surface area contributed by atoms with Gasteiger partial charge in [0.25, 0.3) is 5.69 Å². The molecule has 1 aromatic heterocycles. The lowest BCUT2D eigenvalue weighted by Crippen LogP contribution is -1.90. The molecule has 0 N–H and O–H groups in total. The van der Waals surface area contributed by atoms with Gasteiger partial charge in [-0.1, -0.05) is 6.07 Å². The third-order valence-corrected chi connectivity index (χ3v) is 2.50. The molecule has 1 heterocycles. The first-order chi connectivity index (χ1) is 6.68. The first-order valence-corrected chi connectivity index (χ1v) is 4.66. The van der Waals surface area contributed by atoms with Crippen LogP contribution >= 0.6 is 15.9 Å². The minimum atomic E-state index is -0.420. The number of nitro benzene ring substituents is 1. The lowest BCUT2D eigenvalue weighted by molar-refractivity contribution is -0.385. The van der Waals surface area contributed by atoms with Crippen molar-refractivity contribution in [1.82, 2.24) is 4.98 Å². The van der Waals surface area contributed by atoms with Gasteiger partial charge in [0.2, 0.25) is 0 Å². The van der Waals surface area contributed by atoms with Crippen LogP contribution in [0.4, 0.5) is 5.69 Å². The van der Waals surface area contributed by atoms with E-state index in [1.807, 2.05) is 0 Å². The van der Waals surface area contributed by atoms with Gasteiger partial charge in [-0.15, -0.1) is 0 Å². The normalized spacial score (nSPS) is 10.4. The van der Waals surface area contributed by atoms with Crippen molar-refractivity contribution in [2.24, 2.45) is 0 Å². The van der Waals surface area contributed by atoms with E-state index >= 15 is 0 Å². The Morgan fingerprint density at radius 1 is 1.43 bits per heavy atom. The Morgan fingerprint density at radius 3 is 2.93 bits per heavy atom.